The Bertz CT molecular complexity index is 544. The Morgan fingerprint density at radius 2 is 2.17 bits per heavy atom. The zero-order chi connectivity index (χ0) is 13.1. The van der Waals surface area contributed by atoms with Gasteiger partial charge in [0.2, 0.25) is 0 Å². The summed E-state index contributed by atoms with van der Waals surface area (Å²) in [7, 11) is 3.59. The summed E-state index contributed by atoms with van der Waals surface area (Å²) in [6, 6.07) is 8.06. The first-order chi connectivity index (χ1) is 8.67. The molecule has 2 rings (SSSR count). The number of methoxy groups -OCH3 is 1. The topological polar surface area (TPSA) is 21.3 Å². The van der Waals surface area contributed by atoms with Gasteiger partial charge in [-0.25, -0.2) is 0 Å². The first kappa shape index (κ1) is 13.9. The third-order valence-electron chi connectivity index (χ3n) is 2.70. The van der Waals surface area contributed by atoms with Crippen LogP contribution in [0.4, 0.5) is 0 Å². The van der Waals surface area contributed by atoms with Gasteiger partial charge in [-0.05, 0) is 52.1 Å². The molecule has 96 valence electrons. The number of hydrogen-bond donors (Lipinski definition) is 1. The van der Waals surface area contributed by atoms with Gasteiger partial charge in [0.25, 0.3) is 0 Å². The Balaban J connectivity index is 2.40. The van der Waals surface area contributed by atoms with Crippen molar-refractivity contribution in [1.82, 2.24) is 5.32 Å². The Hall–Kier alpha value is -0.550. The van der Waals surface area contributed by atoms with Crippen molar-refractivity contribution >= 4 is 38.9 Å². The molecule has 0 aliphatic rings. The van der Waals surface area contributed by atoms with Gasteiger partial charge in [-0.1, -0.05) is 17.7 Å². The molecule has 0 spiro atoms. The van der Waals surface area contributed by atoms with E-state index >= 15 is 0 Å². The molecule has 1 N–H and O–H groups in total. The summed E-state index contributed by atoms with van der Waals surface area (Å²) in [5.74, 6) is 0.825. The lowest BCUT2D eigenvalue weighted by atomic mass is 10.1. The van der Waals surface area contributed by atoms with E-state index < -0.39 is 0 Å². The molecular weight excluding hydrogens is 334 g/mol. The fourth-order valence-electron chi connectivity index (χ4n) is 1.82. The van der Waals surface area contributed by atoms with Crippen LogP contribution in [0.3, 0.4) is 0 Å². The van der Waals surface area contributed by atoms with Crippen LogP contribution in [0.5, 0.6) is 5.75 Å². The molecule has 0 radical (unpaired) electrons. The van der Waals surface area contributed by atoms with Crippen molar-refractivity contribution in [2.75, 3.05) is 14.2 Å². The summed E-state index contributed by atoms with van der Waals surface area (Å²) < 4.78 is 6.18. The quantitative estimate of drug-likeness (QED) is 0.881. The van der Waals surface area contributed by atoms with Crippen LogP contribution < -0.4 is 10.1 Å². The van der Waals surface area contributed by atoms with Crippen LogP contribution in [0.25, 0.3) is 0 Å². The largest absolute Gasteiger partial charge is 0.496 e. The second-order valence-corrected chi connectivity index (χ2v) is 5.96. The third-order valence-corrected chi connectivity index (χ3v) is 4.75. The molecule has 0 bridgehead atoms. The van der Waals surface area contributed by atoms with Gasteiger partial charge >= 0.3 is 0 Å². The fraction of sp³-hybridized carbons (Fsp3) is 0.231. The highest BCUT2D eigenvalue weighted by Gasteiger charge is 2.17. The van der Waals surface area contributed by atoms with Gasteiger partial charge in [0, 0.05) is 4.88 Å². The smallest absolute Gasteiger partial charge is 0.133 e. The van der Waals surface area contributed by atoms with Gasteiger partial charge in [0.15, 0.2) is 0 Å². The maximum Gasteiger partial charge on any atom is 0.133 e. The molecule has 5 heteroatoms. The van der Waals surface area contributed by atoms with Crippen molar-refractivity contribution in [1.29, 1.82) is 0 Å². The molecule has 1 atom stereocenters. The lowest BCUT2D eigenvalue weighted by Gasteiger charge is -2.17. The number of hydrogen-bond acceptors (Lipinski definition) is 3. The summed E-state index contributed by atoms with van der Waals surface area (Å²) in [5.41, 5.74) is 1.15. The monoisotopic (exact) mass is 345 g/mol. The summed E-state index contributed by atoms with van der Waals surface area (Å²) in [4.78, 5) is 1.12. The van der Waals surface area contributed by atoms with E-state index in [9.17, 15) is 0 Å². The highest BCUT2D eigenvalue weighted by atomic mass is 79.9. The number of halogens is 2. The Kier molecular flexibility index (Phi) is 4.67. The normalized spacial score (nSPS) is 12.4. The predicted molar refractivity (Wildman–Crippen MR) is 80.9 cm³/mol. The van der Waals surface area contributed by atoms with Crippen molar-refractivity contribution < 1.29 is 4.74 Å². The molecule has 0 aliphatic carbocycles. The lowest BCUT2D eigenvalue weighted by Crippen LogP contribution is -2.16. The van der Waals surface area contributed by atoms with E-state index in [1.807, 2.05) is 30.6 Å². The zero-order valence-electron chi connectivity index (χ0n) is 10.0. The highest BCUT2D eigenvalue weighted by molar-refractivity contribution is 9.10. The minimum absolute atomic E-state index is 0.0970. The fourth-order valence-corrected chi connectivity index (χ4v) is 3.68. The molecule has 0 aliphatic heterocycles. The SMILES string of the molecule is CNC(c1ccc(OC)c(Br)c1)c1sccc1Cl. The molecule has 2 nitrogen and oxygen atoms in total. The van der Waals surface area contributed by atoms with Crippen molar-refractivity contribution in [3.63, 3.8) is 0 Å². The number of thiophene rings is 1. The van der Waals surface area contributed by atoms with Crippen LogP contribution in [-0.2, 0) is 0 Å². The molecule has 2 aromatic rings. The molecule has 0 saturated heterocycles. The number of ether oxygens (including phenoxy) is 1. The molecule has 1 aromatic carbocycles. The Morgan fingerprint density at radius 1 is 1.39 bits per heavy atom. The second kappa shape index (κ2) is 6.06. The van der Waals surface area contributed by atoms with E-state index in [0.717, 1.165) is 25.7 Å². The van der Waals surface area contributed by atoms with Gasteiger partial charge in [-0.15, -0.1) is 11.3 Å². The van der Waals surface area contributed by atoms with E-state index in [-0.39, 0.29) is 6.04 Å². The van der Waals surface area contributed by atoms with Crippen molar-refractivity contribution in [2.24, 2.45) is 0 Å². The van der Waals surface area contributed by atoms with Crippen LogP contribution in [0.1, 0.15) is 16.5 Å². The predicted octanol–water partition coefficient (Wildman–Crippen LogP) is 4.48. The van der Waals surface area contributed by atoms with E-state index in [4.69, 9.17) is 16.3 Å². The number of benzene rings is 1. The summed E-state index contributed by atoms with van der Waals surface area (Å²) in [6.45, 7) is 0. The first-order valence-electron chi connectivity index (χ1n) is 5.41. The molecule has 1 heterocycles. The Labute approximate surface area is 124 Å². The van der Waals surface area contributed by atoms with Gasteiger partial charge in [-0.2, -0.15) is 0 Å². The molecule has 1 aromatic heterocycles. The van der Waals surface area contributed by atoms with Crippen LogP contribution >= 0.6 is 38.9 Å². The van der Waals surface area contributed by atoms with E-state index in [1.54, 1.807) is 18.4 Å². The van der Waals surface area contributed by atoms with Crippen LogP contribution in [0.2, 0.25) is 5.02 Å². The standard InChI is InChI=1S/C13H13BrClNOS/c1-16-12(13-10(15)5-6-18-13)8-3-4-11(17-2)9(14)7-8/h3-7,12,16H,1-2H3. The van der Waals surface area contributed by atoms with Gasteiger partial charge in [0.05, 0.1) is 22.6 Å². The summed E-state index contributed by atoms with van der Waals surface area (Å²) >= 11 is 11.4. The van der Waals surface area contributed by atoms with Gasteiger partial charge in [-0.3, -0.25) is 0 Å². The lowest BCUT2D eigenvalue weighted by molar-refractivity contribution is 0.412. The molecule has 0 fully saturated rings. The van der Waals surface area contributed by atoms with E-state index in [0.29, 0.717) is 0 Å². The Morgan fingerprint density at radius 3 is 2.67 bits per heavy atom. The summed E-state index contributed by atoms with van der Waals surface area (Å²) in [6.07, 6.45) is 0. The molecule has 0 saturated carbocycles. The molecule has 1 unspecified atom stereocenters. The van der Waals surface area contributed by atoms with Crippen molar-refractivity contribution in [2.45, 2.75) is 6.04 Å². The van der Waals surface area contributed by atoms with Crippen molar-refractivity contribution in [3.8, 4) is 5.75 Å². The zero-order valence-corrected chi connectivity index (χ0v) is 13.2. The molecule has 0 amide bonds. The average molecular weight is 347 g/mol. The highest BCUT2D eigenvalue weighted by Crippen LogP contribution is 2.35. The maximum atomic E-state index is 6.20. The van der Waals surface area contributed by atoms with Crippen LogP contribution in [-0.4, -0.2) is 14.2 Å². The van der Waals surface area contributed by atoms with E-state index in [1.165, 1.54) is 0 Å². The van der Waals surface area contributed by atoms with Crippen LogP contribution in [0.15, 0.2) is 34.1 Å². The average Bonchev–Trinajstić information content (AvgIpc) is 2.77. The number of nitrogens with one attached hydrogen (secondary N) is 1. The first-order valence-corrected chi connectivity index (χ1v) is 7.46. The molecular formula is C13H13BrClNOS. The number of rotatable bonds is 4. The van der Waals surface area contributed by atoms with Gasteiger partial charge in [0.1, 0.15) is 5.75 Å². The third kappa shape index (κ3) is 2.72. The summed E-state index contributed by atoms with van der Waals surface area (Å²) in [5, 5.41) is 6.09. The second-order valence-electron chi connectivity index (χ2n) is 3.75. The van der Waals surface area contributed by atoms with Gasteiger partial charge < -0.3 is 10.1 Å². The van der Waals surface area contributed by atoms with Crippen molar-refractivity contribution in [3.05, 3.63) is 49.6 Å². The maximum absolute atomic E-state index is 6.20. The van der Waals surface area contributed by atoms with E-state index in [2.05, 4.69) is 27.3 Å². The minimum Gasteiger partial charge on any atom is -0.496 e. The van der Waals surface area contributed by atoms with Crippen LogP contribution in [0, 0.1) is 0 Å². The molecule has 18 heavy (non-hydrogen) atoms. The minimum atomic E-state index is 0.0970.